The maximum atomic E-state index is 12.7. The van der Waals surface area contributed by atoms with Crippen LogP contribution in [0.5, 0.6) is 0 Å². The van der Waals surface area contributed by atoms with Gasteiger partial charge in [-0.25, -0.2) is 0 Å². The number of carbonyl (C=O) groups is 1. The van der Waals surface area contributed by atoms with Crippen LogP contribution in [0.3, 0.4) is 0 Å². The first-order chi connectivity index (χ1) is 17.1. The molecule has 0 fully saturated rings. The Bertz CT molecular complexity index is 940. The van der Waals surface area contributed by atoms with Gasteiger partial charge >= 0.3 is 0 Å². The van der Waals surface area contributed by atoms with E-state index in [0.717, 1.165) is 25.9 Å². The topological polar surface area (TPSA) is 92.7 Å². The number of benzene rings is 1. The average Bonchev–Trinajstić information content (AvgIpc) is 3.15. The van der Waals surface area contributed by atoms with E-state index in [2.05, 4.69) is 66.7 Å². The molecular weight excluding hydrogens is 452 g/mol. The first kappa shape index (κ1) is 30.3. The van der Waals surface area contributed by atoms with Gasteiger partial charge in [0.15, 0.2) is 0 Å². The second-order valence-corrected chi connectivity index (χ2v) is 10.8. The molecule has 4 N–H and O–H groups in total. The number of aliphatic hydroxyl groups excluding tert-OH is 1. The van der Waals surface area contributed by atoms with Gasteiger partial charge in [0, 0.05) is 67.9 Å². The highest BCUT2D eigenvalue weighted by molar-refractivity contribution is 5.82. The molecule has 1 heterocycles. The quantitative estimate of drug-likeness (QED) is 0.301. The third-order valence-corrected chi connectivity index (χ3v) is 7.16. The molecule has 1 aromatic carbocycles. The summed E-state index contributed by atoms with van der Waals surface area (Å²) in [6.45, 7) is 16.0. The standard InChI is InChI=1S/C29H50N4O3/c1-8-9-12-31-29(35)25(20(2)3)17-28(34)26(30)19-32(21(4)5)18-24-16-23-15-22(6)10-11-27(23)33(24)13-14-36-7/h10-11,15-16,20-21,25-26,28,34H,8-9,12-14,17-19,30H2,1-7H3,(H,31,35)/t25-,26-,28-/m0/s1. The summed E-state index contributed by atoms with van der Waals surface area (Å²) in [6.07, 6.45) is 1.62. The van der Waals surface area contributed by atoms with Crippen LogP contribution in [0.1, 0.15) is 65.1 Å². The van der Waals surface area contributed by atoms with E-state index >= 15 is 0 Å². The smallest absolute Gasteiger partial charge is 0.223 e. The summed E-state index contributed by atoms with van der Waals surface area (Å²) < 4.78 is 7.70. The van der Waals surface area contributed by atoms with Crippen molar-refractivity contribution in [2.45, 2.75) is 92.1 Å². The van der Waals surface area contributed by atoms with Crippen LogP contribution in [0.15, 0.2) is 24.3 Å². The van der Waals surface area contributed by atoms with Gasteiger partial charge in [-0.15, -0.1) is 0 Å². The Kier molecular flexibility index (Phi) is 12.4. The van der Waals surface area contributed by atoms with Gasteiger partial charge in [-0.2, -0.15) is 0 Å². The minimum atomic E-state index is -0.752. The largest absolute Gasteiger partial charge is 0.391 e. The number of nitrogens with one attached hydrogen (secondary N) is 1. The number of rotatable bonds is 16. The van der Waals surface area contributed by atoms with Crippen molar-refractivity contribution in [2.24, 2.45) is 17.6 Å². The van der Waals surface area contributed by atoms with Gasteiger partial charge in [-0.1, -0.05) is 38.8 Å². The molecule has 0 saturated heterocycles. The molecule has 7 nitrogen and oxygen atoms in total. The van der Waals surface area contributed by atoms with Crippen molar-refractivity contribution in [3.05, 3.63) is 35.5 Å². The molecule has 36 heavy (non-hydrogen) atoms. The van der Waals surface area contributed by atoms with Gasteiger partial charge < -0.3 is 25.5 Å². The molecule has 204 valence electrons. The SMILES string of the molecule is CCCCNC(=O)[C@@H](C[C@H](O)[C@@H](N)CN(Cc1cc2cc(C)ccc2n1CCOC)C(C)C)C(C)C. The fourth-order valence-electron chi connectivity index (χ4n) is 4.72. The molecule has 2 rings (SSSR count). The number of fused-ring (bicyclic) bond motifs is 1. The van der Waals surface area contributed by atoms with Crippen LogP contribution in [0, 0.1) is 18.8 Å². The van der Waals surface area contributed by atoms with Gasteiger partial charge in [0.1, 0.15) is 0 Å². The number of hydrogen-bond acceptors (Lipinski definition) is 5. The van der Waals surface area contributed by atoms with Crippen molar-refractivity contribution in [3.8, 4) is 0 Å². The Morgan fingerprint density at radius 3 is 2.56 bits per heavy atom. The molecule has 0 aliphatic rings. The monoisotopic (exact) mass is 502 g/mol. The lowest BCUT2D eigenvalue weighted by molar-refractivity contribution is -0.127. The number of carbonyl (C=O) groups excluding carboxylic acids is 1. The molecule has 0 unspecified atom stereocenters. The molecule has 0 aliphatic heterocycles. The van der Waals surface area contributed by atoms with E-state index in [-0.39, 0.29) is 23.8 Å². The lowest BCUT2D eigenvalue weighted by Gasteiger charge is -2.33. The molecule has 0 saturated carbocycles. The molecule has 3 atom stereocenters. The number of nitrogens with two attached hydrogens (primary N) is 1. The second-order valence-electron chi connectivity index (χ2n) is 10.8. The summed E-state index contributed by atoms with van der Waals surface area (Å²) in [4.78, 5) is 15.0. The number of methoxy groups -OCH3 is 1. The molecule has 0 spiro atoms. The summed E-state index contributed by atoms with van der Waals surface area (Å²) in [7, 11) is 1.73. The van der Waals surface area contributed by atoms with Crippen LogP contribution >= 0.6 is 0 Å². The van der Waals surface area contributed by atoms with Crippen LogP contribution in [0.25, 0.3) is 10.9 Å². The van der Waals surface area contributed by atoms with Crippen molar-refractivity contribution in [1.82, 2.24) is 14.8 Å². The van der Waals surface area contributed by atoms with Crippen LogP contribution in [-0.4, -0.2) is 65.5 Å². The Labute approximate surface area is 218 Å². The van der Waals surface area contributed by atoms with Crippen LogP contribution in [0.4, 0.5) is 0 Å². The molecular formula is C29H50N4O3. The number of amides is 1. The van der Waals surface area contributed by atoms with Crippen molar-refractivity contribution in [2.75, 3.05) is 26.8 Å². The average molecular weight is 503 g/mol. The highest BCUT2D eigenvalue weighted by Crippen LogP contribution is 2.24. The highest BCUT2D eigenvalue weighted by Gasteiger charge is 2.29. The zero-order valence-corrected chi connectivity index (χ0v) is 23.6. The predicted molar refractivity (Wildman–Crippen MR) is 149 cm³/mol. The Hall–Kier alpha value is -1.93. The van der Waals surface area contributed by atoms with E-state index in [4.69, 9.17) is 10.5 Å². The van der Waals surface area contributed by atoms with E-state index in [9.17, 15) is 9.90 Å². The lowest BCUT2D eigenvalue weighted by Crippen LogP contribution is -2.49. The zero-order chi connectivity index (χ0) is 26.8. The number of unbranched alkanes of at least 4 members (excludes halogenated alkanes) is 1. The van der Waals surface area contributed by atoms with Crippen LogP contribution in [-0.2, 0) is 22.6 Å². The first-order valence-electron chi connectivity index (χ1n) is 13.6. The summed E-state index contributed by atoms with van der Waals surface area (Å²) in [5.74, 6) is -0.104. The first-order valence-corrected chi connectivity index (χ1v) is 13.6. The van der Waals surface area contributed by atoms with Crippen LogP contribution in [0.2, 0.25) is 0 Å². The summed E-state index contributed by atoms with van der Waals surface area (Å²) in [5, 5.41) is 15.3. The fourth-order valence-corrected chi connectivity index (χ4v) is 4.72. The number of ether oxygens (including phenoxy) is 1. The number of aliphatic hydroxyl groups is 1. The zero-order valence-electron chi connectivity index (χ0n) is 23.6. The Morgan fingerprint density at radius 1 is 1.22 bits per heavy atom. The summed E-state index contributed by atoms with van der Waals surface area (Å²) in [5.41, 5.74) is 10.2. The fraction of sp³-hybridized carbons (Fsp3) is 0.690. The van der Waals surface area contributed by atoms with Gasteiger partial charge in [0.25, 0.3) is 0 Å². The maximum Gasteiger partial charge on any atom is 0.223 e. The normalized spacial score (nSPS) is 14.7. The highest BCUT2D eigenvalue weighted by atomic mass is 16.5. The molecule has 2 aromatic rings. The number of nitrogens with zero attached hydrogens (tertiary/aromatic N) is 2. The van der Waals surface area contributed by atoms with Gasteiger partial charge in [0.05, 0.1) is 12.7 Å². The van der Waals surface area contributed by atoms with E-state index in [0.29, 0.717) is 26.1 Å². The molecule has 1 aromatic heterocycles. The van der Waals surface area contributed by atoms with Crippen LogP contribution < -0.4 is 11.1 Å². The van der Waals surface area contributed by atoms with Crippen molar-refractivity contribution in [3.63, 3.8) is 0 Å². The molecule has 0 bridgehead atoms. The van der Waals surface area contributed by atoms with E-state index in [1.165, 1.54) is 22.2 Å². The number of aryl methyl sites for hydroxylation is 1. The van der Waals surface area contributed by atoms with E-state index in [1.807, 2.05) is 13.8 Å². The number of aromatic nitrogens is 1. The summed E-state index contributed by atoms with van der Waals surface area (Å²) in [6, 6.07) is 8.59. The van der Waals surface area contributed by atoms with Gasteiger partial charge in [-0.3, -0.25) is 9.69 Å². The molecule has 0 radical (unpaired) electrons. The minimum Gasteiger partial charge on any atom is -0.391 e. The van der Waals surface area contributed by atoms with E-state index < -0.39 is 12.1 Å². The molecule has 7 heteroatoms. The van der Waals surface area contributed by atoms with Crippen molar-refractivity contribution in [1.29, 1.82) is 0 Å². The lowest BCUT2D eigenvalue weighted by atomic mass is 9.87. The Balaban J connectivity index is 2.14. The maximum absolute atomic E-state index is 12.7. The van der Waals surface area contributed by atoms with E-state index in [1.54, 1.807) is 7.11 Å². The molecule has 0 aliphatic carbocycles. The number of hydrogen-bond donors (Lipinski definition) is 3. The predicted octanol–water partition coefficient (Wildman–Crippen LogP) is 4.07. The Morgan fingerprint density at radius 2 is 1.94 bits per heavy atom. The summed E-state index contributed by atoms with van der Waals surface area (Å²) >= 11 is 0. The minimum absolute atomic E-state index is 0.0170. The third-order valence-electron chi connectivity index (χ3n) is 7.16. The van der Waals surface area contributed by atoms with Crippen molar-refractivity contribution < 1.29 is 14.6 Å². The molecule has 1 amide bonds. The van der Waals surface area contributed by atoms with Gasteiger partial charge in [0.2, 0.25) is 5.91 Å². The van der Waals surface area contributed by atoms with Crippen molar-refractivity contribution >= 4 is 16.8 Å². The third kappa shape index (κ3) is 8.58. The van der Waals surface area contributed by atoms with Gasteiger partial charge in [-0.05, 0) is 57.7 Å². The second kappa shape index (κ2) is 14.7.